The Morgan fingerprint density at radius 1 is 1.45 bits per heavy atom. The van der Waals surface area contributed by atoms with Crippen molar-refractivity contribution in [2.24, 2.45) is 0 Å². The number of nitrogens with zero attached hydrogens (tertiary/aromatic N) is 1. The number of aromatic nitrogens is 1. The first kappa shape index (κ1) is 15.8. The summed E-state index contributed by atoms with van der Waals surface area (Å²) in [7, 11) is 0. The summed E-state index contributed by atoms with van der Waals surface area (Å²) in [6.07, 6.45) is 5.58. The molecule has 1 heterocycles. The van der Waals surface area contributed by atoms with E-state index in [0.29, 0.717) is 16.7 Å². The first-order chi connectivity index (χ1) is 9.51. The zero-order chi connectivity index (χ0) is 14.6. The molecule has 3 heteroatoms. The van der Waals surface area contributed by atoms with E-state index < -0.39 is 0 Å². The standard InChI is InChI=1S/C17H28N2S/c1-5-10-18-15(12-20-17(2,3)4)14-9-8-13-7-6-11-19-16(13)14/h6-7,11,14-15,18H,5,8-10,12H2,1-4H3. The molecule has 1 aliphatic rings. The van der Waals surface area contributed by atoms with Crippen LogP contribution in [0.3, 0.4) is 0 Å². The largest absolute Gasteiger partial charge is 0.312 e. The van der Waals surface area contributed by atoms with Crippen LogP contribution < -0.4 is 5.32 Å². The monoisotopic (exact) mass is 292 g/mol. The molecule has 1 aromatic heterocycles. The Hall–Kier alpha value is -0.540. The second-order valence-electron chi connectivity index (χ2n) is 6.68. The second-order valence-corrected chi connectivity index (χ2v) is 8.52. The van der Waals surface area contributed by atoms with Crippen molar-refractivity contribution in [3.05, 3.63) is 29.6 Å². The van der Waals surface area contributed by atoms with Crippen LogP contribution in [0.1, 0.15) is 57.7 Å². The maximum atomic E-state index is 4.66. The zero-order valence-electron chi connectivity index (χ0n) is 13.3. The molecule has 0 saturated heterocycles. The predicted molar refractivity (Wildman–Crippen MR) is 89.6 cm³/mol. The first-order valence-electron chi connectivity index (χ1n) is 7.82. The maximum absolute atomic E-state index is 4.66. The SMILES string of the molecule is CCCNC(CSC(C)(C)C)C1CCc2cccnc21. The van der Waals surface area contributed by atoms with Gasteiger partial charge < -0.3 is 5.32 Å². The summed E-state index contributed by atoms with van der Waals surface area (Å²) in [5.41, 5.74) is 2.80. The topological polar surface area (TPSA) is 24.9 Å². The summed E-state index contributed by atoms with van der Waals surface area (Å²) >= 11 is 2.06. The molecule has 0 fully saturated rings. The summed E-state index contributed by atoms with van der Waals surface area (Å²) < 4.78 is 0.331. The lowest BCUT2D eigenvalue weighted by atomic mass is 9.98. The van der Waals surface area contributed by atoms with Crippen LogP contribution in [0.5, 0.6) is 0 Å². The Kier molecular flexibility index (Phi) is 5.50. The number of pyridine rings is 1. The molecule has 0 saturated carbocycles. The van der Waals surface area contributed by atoms with E-state index in [1.165, 1.54) is 36.3 Å². The van der Waals surface area contributed by atoms with Gasteiger partial charge in [0.05, 0.1) is 0 Å². The van der Waals surface area contributed by atoms with Crippen molar-refractivity contribution in [3.8, 4) is 0 Å². The Morgan fingerprint density at radius 2 is 2.25 bits per heavy atom. The Bertz CT molecular complexity index is 425. The van der Waals surface area contributed by atoms with E-state index >= 15 is 0 Å². The molecule has 0 aromatic carbocycles. The quantitative estimate of drug-likeness (QED) is 0.857. The first-order valence-corrected chi connectivity index (χ1v) is 8.81. The van der Waals surface area contributed by atoms with E-state index in [-0.39, 0.29) is 0 Å². The molecule has 1 aliphatic carbocycles. The van der Waals surface area contributed by atoms with Gasteiger partial charge in [0.25, 0.3) is 0 Å². The average molecular weight is 292 g/mol. The minimum Gasteiger partial charge on any atom is -0.312 e. The Morgan fingerprint density at radius 3 is 2.95 bits per heavy atom. The van der Waals surface area contributed by atoms with E-state index in [9.17, 15) is 0 Å². The van der Waals surface area contributed by atoms with Crippen LogP contribution in [-0.2, 0) is 6.42 Å². The molecule has 2 nitrogen and oxygen atoms in total. The molecular weight excluding hydrogens is 264 g/mol. The van der Waals surface area contributed by atoms with Gasteiger partial charge in [-0.1, -0.05) is 33.8 Å². The molecule has 0 aliphatic heterocycles. The van der Waals surface area contributed by atoms with Crippen LogP contribution in [0.25, 0.3) is 0 Å². The fourth-order valence-corrected chi connectivity index (χ4v) is 3.85. The molecule has 0 radical (unpaired) electrons. The minimum atomic E-state index is 0.331. The lowest BCUT2D eigenvalue weighted by Crippen LogP contribution is -2.38. The van der Waals surface area contributed by atoms with Crippen molar-refractivity contribution in [1.82, 2.24) is 10.3 Å². The van der Waals surface area contributed by atoms with Crippen molar-refractivity contribution >= 4 is 11.8 Å². The maximum Gasteiger partial charge on any atom is 0.0482 e. The molecule has 112 valence electrons. The van der Waals surface area contributed by atoms with Gasteiger partial charge in [0, 0.05) is 34.4 Å². The van der Waals surface area contributed by atoms with Crippen molar-refractivity contribution in [1.29, 1.82) is 0 Å². The van der Waals surface area contributed by atoms with Gasteiger partial charge >= 0.3 is 0 Å². The van der Waals surface area contributed by atoms with Gasteiger partial charge in [0.15, 0.2) is 0 Å². The number of thioether (sulfide) groups is 1. The Labute approximate surface area is 128 Å². The number of hydrogen-bond donors (Lipinski definition) is 1. The van der Waals surface area contributed by atoms with Crippen LogP contribution in [0.2, 0.25) is 0 Å². The van der Waals surface area contributed by atoms with Gasteiger partial charge in [-0.3, -0.25) is 4.98 Å². The normalized spacial score (nSPS) is 19.9. The molecule has 2 atom stereocenters. The summed E-state index contributed by atoms with van der Waals surface area (Å²) in [4.78, 5) is 4.66. The molecule has 1 N–H and O–H groups in total. The number of rotatable bonds is 6. The van der Waals surface area contributed by atoms with E-state index in [1.54, 1.807) is 0 Å². The van der Waals surface area contributed by atoms with Gasteiger partial charge in [0.1, 0.15) is 0 Å². The summed E-state index contributed by atoms with van der Waals surface area (Å²) in [6, 6.07) is 4.87. The summed E-state index contributed by atoms with van der Waals surface area (Å²) in [5, 5.41) is 3.76. The van der Waals surface area contributed by atoms with Crippen molar-refractivity contribution < 1.29 is 0 Å². The van der Waals surface area contributed by atoms with Crippen LogP contribution in [0.4, 0.5) is 0 Å². The van der Waals surface area contributed by atoms with Gasteiger partial charge in [-0.05, 0) is 37.4 Å². The number of hydrogen-bond acceptors (Lipinski definition) is 3. The fraction of sp³-hybridized carbons (Fsp3) is 0.706. The predicted octanol–water partition coefficient (Wildman–Crippen LogP) is 4.01. The van der Waals surface area contributed by atoms with E-state index in [4.69, 9.17) is 0 Å². The highest BCUT2D eigenvalue weighted by atomic mass is 32.2. The molecule has 2 rings (SSSR count). The smallest absolute Gasteiger partial charge is 0.0482 e. The average Bonchev–Trinajstić information content (AvgIpc) is 2.82. The molecule has 0 amide bonds. The second kappa shape index (κ2) is 6.95. The van der Waals surface area contributed by atoms with Crippen molar-refractivity contribution in [3.63, 3.8) is 0 Å². The van der Waals surface area contributed by atoms with Crippen molar-refractivity contribution in [2.45, 2.75) is 63.7 Å². The van der Waals surface area contributed by atoms with Gasteiger partial charge in [-0.15, -0.1) is 0 Å². The number of aryl methyl sites for hydroxylation is 1. The van der Waals surface area contributed by atoms with Gasteiger partial charge in [0.2, 0.25) is 0 Å². The van der Waals surface area contributed by atoms with Crippen LogP contribution in [0, 0.1) is 0 Å². The highest BCUT2D eigenvalue weighted by Gasteiger charge is 2.31. The van der Waals surface area contributed by atoms with Crippen LogP contribution in [0.15, 0.2) is 18.3 Å². The fourth-order valence-electron chi connectivity index (χ4n) is 2.82. The molecule has 0 spiro atoms. The molecule has 0 bridgehead atoms. The highest BCUT2D eigenvalue weighted by molar-refractivity contribution is 8.00. The zero-order valence-corrected chi connectivity index (χ0v) is 14.1. The van der Waals surface area contributed by atoms with E-state index in [2.05, 4.69) is 61.9 Å². The lowest BCUT2D eigenvalue weighted by Gasteiger charge is -2.28. The highest BCUT2D eigenvalue weighted by Crippen LogP contribution is 2.36. The van der Waals surface area contributed by atoms with Gasteiger partial charge in [-0.25, -0.2) is 0 Å². The minimum absolute atomic E-state index is 0.331. The van der Waals surface area contributed by atoms with Crippen LogP contribution in [-0.4, -0.2) is 28.1 Å². The molecule has 20 heavy (non-hydrogen) atoms. The molecule has 2 unspecified atom stereocenters. The third-order valence-corrected chi connectivity index (χ3v) is 5.23. The number of nitrogens with one attached hydrogen (secondary N) is 1. The third-order valence-electron chi connectivity index (χ3n) is 3.84. The van der Waals surface area contributed by atoms with Gasteiger partial charge in [-0.2, -0.15) is 11.8 Å². The van der Waals surface area contributed by atoms with Crippen LogP contribution >= 0.6 is 11.8 Å². The summed E-state index contributed by atoms with van der Waals surface area (Å²) in [5.74, 6) is 1.76. The Balaban J connectivity index is 2.07. The number of fused-ring (bicyclic) bond motifs is 1. The summed E-state index contributed by atoms with van der Waals surface area (Å²) in [6.45, 7) is 10.2. The van der Waals surface area contributed by atoms with E-state index in [1.807, 2.05) is 6.20 Å². The third kappa shape index (κ3) is 4.23. The molecular formula is C17H28N2S. The molecule has 1 aromatic rings. The lowest BCUT2D eigenvalue weighted by molar-refractivity contribution is 0.456. The van der Waals surface area contributed by atoms with E-state index in [0.717, 1.165) is 6.54 Å². The van der Waals surface area contributed by atoms with Crippen molar-refractivity contribution in [2.75, 3.05) is 12.3 Å².